The van der Waals surface area contributed by atoms with Crippen LogP contribution in [-0.4, -0.2) is 45.5 Å². The molecular formula is C7H11NO5. The van der Waals surface area contributed by atoms with Gasteiger partial charge in [0.15, 0.2) is 6.04 Å². The molecule has 0 fully saturated rings. The minimum Gasteiger partial charge on any atom is -0.480 e. The molecule has 0 heterocycles. The zero-order valence-corrected chi connectivity index (χ0v) is 7.35. The number of hydrogen-bond donors (Lipinski definition) is 2. The van der Waals surface area contributed by atoms with E-state index < -0.39 is 30.4 Å². The number of carbonyl (C=O) groups excluding carboxylic acids is 2. The quantitative estimate of drug-likeness (QED) is 0.583. The third kappa shape index (κ3) is 2.83. The number of rotatable bonds is 3. The predicted octanol–water partition coefficient (Wildman–Crippen LogP) is -1.17. The first kappa shape index (κ1) is 11.6. The number of aliphatic hydroxyl groups excluding tert-OH is 1. The molecule has 74 valence electrons. The van der Waals surface area contributed by atoms with Crippen LogP contribution in [0.2, 0.25) is 0 Å². The van der Waals surface area contributed by atoms with Gasteiger partial charge in [0.25, 0.3) is 0 Å². The molecule has 13 heavy (non-hydrogen) atoms. The molecule has 0 radical (unpaired) electrons. The third-order valence-electron chi connectivity index (χ3n) is 1.45. The lowest BCUT2D eigenvalue weighted by Gasteiger charge is -2.22. The number of aliphatic carboxylic acids is 1. The third-order valence-corrected chi connectivity index (χ3v) is 1.45. The summed E-state index contributed by atoms with van der Waals surface area (Å²) in [5.41, 5.74) is 0. The molecule has 0 bridgehead atoms. The van der Waals surface area contributed by atoms with E-state index in [9.17, 15) is 14.4 Å². The van der Waals surface area contributed by atoms with Crippen LogP contribution in [0.4, 0.5) is 0 Å². The average molecular weight is 189 g/mol. The Hall–Kier alpha value is -1.43. The lowest BCUT2D eigenvalue weighted by atomic mass is 10.2. The molecule has 1 atom stereocenters. The van der Waals surface area contributed by atoms with Crippen LogP contribution in [0.25, 0.3) is 0 Å². The zero-order chi connectivity index (χ0) is 10.6. The van der Waals surface area contributed by atoms with Gasteiger partial charge in [0.1, 0.15) is 0 Å². The standard InChI is InChI=1S/C7H11NO5/c1-4(10)8(5(2)11)6(3-9)7(12)13/h6,9H,3H2,1-2H3,(H,12,13). The molecule has 6 nitrogen and oxygen atoms in total. The van der Waals surface area contributed by atoms with Gasteiger partial charge in [-0.15, -0.1) is 0 Å². The van der Waals surface area contributed by atoms with Gasteiger partial charge in [-0.25, -0.2) is 4.79 Å². The summed E-state index contributed by atoms with van der Waals surface area (Å²) in [4.78, 5) is 32.6. The number of aliphatic hydroxyl groups is 1. The summed E-state index contributed by atoms with van der Waals surface area (Å²) in [5.74, 6) is -2.81. The molecule has 0 rings (SSSR count). The molecule has 1 unspecified atom stereocenters. The Morgan fingerprint density at radius 3 is 1.69 bits per heavy atom. The van der Waals surface area contributed by atoms with Gasteiger partial charge in [0, 0.05) is 13.8 Å². The highest BCUT2D eigenvalue weighted by Gasteiger charge is 2.29. The van der Waals surface area contributed by atoms with E-state index in [0.29, 0.717) is 4.90 Å². The summed E-state index contributed by atoms with van der Waals surface area (Å²) >= 11 is 0. The van der Waals surface area contributed by atoms with Crippen LogP contribution in [-0.2, 0) is 14.4 Å². The van der Waals surface area contributed by atoms with Crippen LogP contribution >= 0.6 is 0 Å². The van der Waals surface area contributed by atoms with Gasteiger partial charge in [-0.1, -0.05) is 0 Å². The van der Waals surface area contributed by atoms with Crippen LogP contribution in [0.3, 0.4) is 0 Å². The van der Waals surface area contributed by atoms with Gasteiger partial charge >= 0.3 is 5.97 Å². The second-order valence-electron chi connectivity index (χ2n) is 2.44. The van der Waals surface area contributed by atoms with Crippen molar-refractivity contribution in [2.24, 2.45) is 0 Å². The molecule has 0 aromatic rings. The van der Waals surface area contributed by atoms with Crippen molar-refractivity contribution in [2.75, 3.05) is 6.61 Å². The summed E-state index contributed by atoms with van der Waals surface area (Å²) in [6.45, 7) is 1.34. The normalized spacial score (nSPS) is 11.9. The van der Waals surface area contributed by atoms with Crippen molar-refractivity contribution < 1.29 is 24.6 Å². The van der Waals surface area contributed by atoms with E-state index in [1.807, 2.05) is 0 Å². The van der Waals surface area contributed by atoms with Gasteiger partial charge in [0.2, 0.25) is 11.8 Å². The van der Waals surface area contributed by atoms with Crippen LogP contribution in [0, 0.1) is 0 Å². The second-order valence-corrected chi connectivity index (χ2v) is 2.44. The number of imide groups is 1. The fraction of sp³-hybridized carbons (Fsp3) is 0.571. The van der Waals surface area contributed by atoms with Gasteiger partial charge in [-0.3, -0.25) is 14.5 Å². The van der Waals surface area contributed by atoms with E-state index in [-0.39, 0.29) is 0 Å². The number of carboxylic acid groups (broad SMARTS) is 1. The fourth-order valence-corrected chi connectivity index (χ4v) is 0.931. The Balaban J connectivity index is 4.80. The number of hydrogen-bond acceptors (Lipinski definition) is 4. The molecule has 0 aliphatic heterocycles. The van der Waals surface area contributed by atoms with E-state index in [1.54, 1.807) is 0 Å². The van der Waals surface area contributed by atoms with E-state index in [1.165, 1.54) is 0 Å². The predicted molar refractivity (Wildman–Crippen MR) is 41.7 cm³/mol. The molecular weight excluding hydrogens is 178 g/mol. The maximum absolute atomic E-state index is 10.8. The largest absolute Gasteiger partial charge is 0.480 e. The topological polar surface area (TPSA) is 94.9 Å². The number of nitrogens with zero attached hydrogens (tertiary/aromatic N) is 1. The maximum atomic E-state index is 10.8. The number of carboxylic acids is 1. The monoisotopic (exact) mass is 189 g/mol. The molecule has 6 heteroatoms. The smallest absolute Gasteiger partial charge is 0.329 e. The van der Waals surface area contributed by atoms with Crippen molar-refractivity contribution in [3.05, 3.63) is 0 Å². The highest BCUT2D eigenvalue weighted by molar-refractivity contribution is 5.97. The van der Waals surface area contributed by atoms with Crippen LogP contribution < -0.4 is 0 Å². The fourth-order valence-electron chi connectivity index (χ4n) is 0.931. The van der Waals surface area contributed by atoms with Crippen LogP contribution in [0.5, 0.6) is 0 Å². The SMILES string of the molecule is CC(=O)N(C(C)=O)C(CO)C(=O)O. The van der Waals surface area contributed by atoms with Crippen LogP contribution in [0.15, 0.2) is 0 Å². The van der Waals surface area contributed by atoms with E-state index in [4.69, 9.17) is 10.2 Å². The highest BCUT2D eigenvalue weighted by Crippen LogP contribution is 2.00. The Morgan fingerprint density at radius 2 is 1.62 bits per heavy atom. The first-order valence-corrected chi connectivity index (χ1v) is 3.55. The number of amides is 2. The van der Waals surface area contributed by atoms with Crippen molar-refractivity contribution in [1.29, 1.82) is 0 Å². The number of carbonyl (C=O) groups is 3. The van der Waals surface area contributed by atoms with E-state index in [2.05, 4.69) is 0 Å². The molecule has 0 saturated heterocycles. The summed E-state index contributed by atoms with van der Waals surface area (Å²) in [7, 11) is 0. The highest BCUT2D eigenvalue weighted by atomic mass is 16.4. The van der Waals surface area contributed by atoms with Crippen molar-refractivity contribution in [3.63, 3.8) is 0 Å². The minimum atomic E-state index is -1.49. The lowest BCUT2D eigenvalue weighted by molar-refractivity contribution is -0.158. The van der Waals surface area contributed by atoms with Gasteiger partial charge < -0.3 is 10.2 Å². The average Bonchev–Trinajstić information content (AvgIpc) is 1.97. The molecule has 0 saturated carbocycles. The van der Waals surface area contributed by atoms with E-state index in [0.717, 1.165) is 13.8 Å². The van der Waals surface area contributed by atoms with Gasteiger partial charge in [-0.05, 0) is 0 Å². The molecule has 2 amide bonds. The molecule has 0 aliphatic carbocycles. The Morgan fingerprint density at radius 1 is 1.23 bits per heavy atom. The Bertz CT molecular complexity index is 223. The molecule has 0 spiro atoms. The molecule has 0 aliphatic rings. The lowest BCUT2D eigenvalue weighted by Crippen LogP contribution is -2.48. The second kappa shape index (κ2) is 4.56. The van der Waals surface area contributed by atoms with Gasteiger partial charge in [0.05, 0.1) is 6.61 Å². The Labute approximate surface area is 74.8 Å². The molecule has 0 aromatic heterocycles. The van der Waals surface area contributed by atoms with Crippen molar-refractivity contribution in [1.82, 2.24) is 4.90 Å². The van der Waals surface area contributed by atoms with Gasteiger partial charge in [-0.2, -0.15) is 0 Å². The maximum Gasteiger partial charge on any atom is 0.329 e. The summed E-state index contributed by atoms with van der Waals surface area (Å²) in [6, 6.07) is -1.49. The zero-order valence-electron chi connectivity index (χ0n) is 7.35. The molecule has 0 aromatic carbocycles. The van der Waals surface area contributed by atoms with Crippen molar-refractivity contribution in [3.8, 4) is 0 Å². The van der Waals surface area contributed by atoms with Crippen LogP contribution in [0.1, 0.15) is 13.8 Å². The van der Waals surface area contributed by atoms with Crippen molar-refractivity contribution >= 4 is 17.8 Å². The van der Waals surface area contributed by atoms with E-state index >= 15 is 0 Å². The minimum absolute atomic E-state index is 0.502. The summed E-state index contributed by atoms with van der Waals surface area (Å²) < 4.78 is 0. The van der Waals surface area contributed by atoms with Crippen molar-refractivity contribution in [2.45, 2.75) is 19.9 Å². The summed E-state index contributed by atoms with van der Waals surface area (Å²) in [6.07, 6.45) is 0. The molecule has 2 N–H and O–H groups in total. The first-order chi connectivity index (χ1) is 5.91. The summed E-state index contributed by atoms with van der Waals surface area (Å²) in [5, 5.41) is 17.2. The Kier molecular flexibility index (Phi) is 4.06. The first-order valence-electron chi connectivity index (χ1n) is 3.55.